The molecule has 6 heteroatoms. The molecule has 98 valence electrons. The Hall–Kier alpha value is -1.69. The molecule has 2 N–H and O–H groups in total. The number of nitrogens with zero attached hydrogens (tertiary/aromatic N) is 2. The molecule has 2 heterocycles. The van der Waals surface area contributed by atoms with Gasteiger partial charge in [-0.15, -0.1) is 0 Å². The third-order valence-electron chi connectivity index (χ3n) is 3.33. The minimum atomic E-state index is -1.08. The van der Waals surface area contributed by atoms with Crippen molar-refractivity contribution >= 4 is 6.09 Å². The van der Waals surface area contributed by atoms with Crippen LogP contribution in [0.2, 0.25) is 0 Å². The lowest BCUT2D eigenvalue weighted by atomic mass is 9.78. The van der Waals surface area contributed by atoms with E-state index in [9.17, 15) is 14.3 Å². The topological polar surface area (TPSA) is 73.7 Å². The van der Waals surface area contributed by atoms with E-state index in [-0.39, 0.29) is 0 Å². The van der Waals surface area contributed by atoms with Crippen LogP contribution >= 0.6 is 0 Å². The van der Waals surface area contributed by atoms with Crippen molar-refractivity contribution in [2.24, 2.45) is 0 Å². The molecule has 1 aliphatic heterocycles. The van der Waals surface area contributed by atoms with Crippen LogP contribution in [-0.2, 0) is 0 Å². The lowest BCUT2D eigenvalue weighted by Crippen LogP contribution is -2.66. The van der Waals surface area contributed by atoms with Crippen molar-refractivity contribution in [3.8, 4) is 0 Å². The number of hydrogen-bond donors (Lipinski definition) is 2. The Kier molecular flexibility index (Phi) is 2.98. The average molecular weight is 254 g/mol. The lowest BCUT2D eigenvalue weighted by molar-refractivity contribution is -0.0853. The van der Waals surface area contributed by atoms with E-state index < -0.39 is 29.6 Å². The molecule has 1 fully saturated rings. The molecule has 2 atom stereocenters. The molecule has 1 saturated heterocycles. The zero-order valence-corrected chi connectivity index (χ0v) is 10.2. The molecule has 0 aromatic carbocycles. The van der Waals surface area contributed by atoms with Gasteiger partial charge in [-0.2, -0.15) is 0 Å². The van der Waals surface area contributed by atoms with Gasteiger partial charge in [-0.1, -0.05) is 0 Å². The van der Waals surface area contributed by atoms with Gasteiger partial charge < -0.3 is 10.2 Å². The summed E-state index contributed by atoms with van der Waals surface area (Å²) in [4.78, 5) is 16.0. The molecule has 0 saturated carbocycles. The largest absolute Gasteiger partial charge is 0.465 e. The first-order valence-corrected chi connectivity index (χ1v) is 5.64. The van der Waals surface area contributed by atoms with E-state index in [4.69, 9.17) is 5.11 Å². The van der Waals surface area contributed by atoms with E-state index in [0.29, 0.717) is 12.0 Å². The molecule has 0 spiro atoms. The van der Waals surface area contributed by atoms with Crippen molar-refractivity contribution in [2.75, 3.05) is 0 Å². The Balaban J connectivity index is 2.20. The molecular formula is C12H15FN2O3. The highest BCUT2D eigenvalue weighted by Gasteiger charge is 2.51. The summed E-state index contributed by atoms with van der Waals surface area (Å²) < 4.78 is 13.0. The fourth-order valence-corrected chi connectivity index (χ4v) is 2.50. The van der Waals surface area contributed by atoms with Gasteiger partial charge >= 0.3 is 6.09 Å². The van der Waals surface area contributed by atoms with Crippen LogP contribution in [0.5, 0.6) is 0 Å². The van der Waals surface area contributed by atoms with E-state index >= 15 is 0 Å². The van der Waals surface area contributed by atoms with Crippen LogP contribution in [0.1, 0.15) is 31.9 Å². The highest BCUT2D eigenvalue weighted by Crippen LogP contribution is 2.42. The zero-order valence-electron chi connectivity index (χ0n) is 10.2. The fraction of sp³-hybridized carbons (Fsp3) is 0.500. The standard InChI is InChI=1S/C12H15FN2O3/c1-12(2)4-9(15(12)11(17)18)10(16)7-3-8(13)6-14-5-7/h3,5-6,9-10,16H,4H2,1-2H3,(H,17,18)/t9-,10?/m1/s1. The van der Waals surface area contributed by atoms with Crippen molar-refractivity contribution in [3.63, 3.8) is 0 Å². The molecule has 1 aliphatic rings. The number of carbonyl (C=O) groups is 1. The highest BCUT2D eigenvalue weighted by atomic mass is 19.1. The molecule has 1 aromatic rings. The zero-order chi connectivity index (χ0) is 13.5. The molecular weight excluding hydrogens is 239 g/mol. The molecule has 5 nitrogen and oxygen atoms in total. The van der Waals surface area contributed by atoms with Crippen molar-refractivity contribution < 1.29 is 19.4 Å². The normalized spacial score (nSPS) is 23.3. The monoisotopic (exact) mass is 254 g/mol. The first-order chi connectivity index (χ1) is 8.33. The summed E-state index contributed by atoms with van der Waals surface area (Å²) in [5, 5.41) is 19.2. The van der Waals surface area contributed by atoms with Gasteiger partial charge in [-0.05, 0) is 26.3 Å². The Morgan fingerprint density at radius 1 is 1.61 bits per heavy atom. The summed E-state index contributed by atoms with van der Waals surface area (Å²) in [7, 11) is 0. The van der Waals surface area contributed by atoms with Gasteiger partial charge in [-0.3, -0.25) is 9.88 Å². The van der Waals surface area contributed by atoms with Crippen LogP contribution in [-0.4, -0.2) is 37.8 Å². The number of halogens is 1. The SMILES string of the molecule is CC1(C)C[C@H](C(O)c2cncc(F)c2)N1C(=O)O. The Bertz CT molecular complexity index is 478. The molecule has 0 bridgehead atoms. The summed E-state index contributed by atoms with van der Waals surface area (Å²) in [5.74, 6) is -0.549. The Morgan fingerprint density at radius 2 is 2.28 bits per heavy atom. The van der Waals surface area contributed by atoms with Crippen LogP contribution in [0.3, 0.4) is 0 Å². The van der Waals surface area contributed by atoms with Gasteiger partial charge in [0.1, 0.15) is 11.9 Å². The summed E-state index contributed by atoms with van der Waals surface area (Å²) in [5.41, 5.74) is -0.208. The molecule has 18 heavy (non-hydrogen) atoms. The lowest BCUT2D eigenvalue weighted by Gasteiger charge is -2.54. The second-order valence-corrected chi connectivity index (χ2v) is 5.12. The summed E-state index contributed by atoms with van der Waals surface area (Å²) >= 11 is 0. The first kappa shape index (κ1) is 12.8. The predicted octanol–water partition coefficient (Wildman–Crippen LogP) is 1.78. The minimum Gasteiger partial charge on any atom is -0.465 e. The van der Waals surface area contributed by atoms with Crippen LogP contribution in [0, 0.1) is 5.82 Å². The maximum Gasteiger partial charge on any atom is 0.408 e. The smallest absolute Gasteiger partial charge is 0.408 e. The van der Waals surface area contributed by atoms with Gasteiger partial charge in [0.05, 0.1) is 12.2 Å². The van der Waals surface area contributed by atoms with E-state index in [0.717, 1.165) is 6.20 Å². The van der Waals surface area contributed by atoms with Gasteiger partial charge in [0, 0.05) is 17.3 Å². The fourth-order valence-electron chi connectivity index (χ4n) is 2.50. The van der Waals surface area contributed by atoms with Gasteiger partial charge in [0.15, 0.2) is 0 Å². The Morgan fingerprint density at radius 3 is 2.78 bits per heavy atom. The quantitative estimate of drug-likeness (QED) is 0.843. The molecule has 1 unspecified atom stereocenters. The summed E-state index contributed by atoms with van der Waals surface area (Å²) in [6.07, 6.45) is 0.767. The third kappa shape index (κ3) is 2.03. The van der Waals surface area contributed by atoms with Crippen LogP contribution in [0.25, 0.3) is 0 Å². The molecule has 1 aromatic heterocycles. The summed E-state index contributed by atoms with van der Waals surface area (Å²) in [6, 6.07) is 0.615. The minimum absolute atomic E-state index is 0.293. The van der Waals surface area contributed by atoms with E-state index in [2.05, 4.69) is 4.98 Å². The second-order valence-electron chi connectivity index (χ2n) is 5.12. The Labute approximate surface area is 104 Å². The number of likely N-dealkylation sites (tertiary alicyclic amines) is 1. The maximum atomic E-state index is 13.0. The number of aromatic nitrogens is 1. The third-order valence-corrected chi connectivity index (χ3v) is 3.33. The van der Waals surface area contributed by atoms with Crippen LogP contribution < -0.4 is 0 Å². The molecule has 2 rings (SSSR count). The van der Waals surface area contributed by atoms with E-state index in [1.807, 2.05) is 0 Å². The number of pyridine rings is 1. The first-order valence-electron chi connectivity index (χ1n) is 5.64. The maximum absolute atomic E-state index is 13.0. The predicted molar refractivity (Wildman–Crippen MR) is 61.5 cm³/mol. The van der Waals surface area contributed by atoms with Crippen molar-refractivity contribution in [1.29, 1.82) is 0 Å². The van der Waals surface area contributed by atoms with Crippen molar-refractivity contribution in [3.05, 3.63) is 29.8 Å². The summed E-state index contributed by atoms with van der Waals surface area (Å²) in [6.45, 7) is 3.57. The number of hydrogen-bond acceptors (Lipinski definition) is 3. The van der Waals surface area contributed by atoms with Gasteiger partial charge in [-0.25, -0.2) is 9.18 Å². The number of rotatable bonds is 2. The van der Waals surface area contributed by atoms with E-state index in [1.165, 1.54) is 17.2 Å². The van der Waals surface area contributed by atoms with Gasteiger partial charge in [0.25, 0.3) is 0 Å². The van der Waals surface area contributed by atoms with Crippen LogP contribution in [0.15, 0.2) is 18.5 Å². The van der Waals surface area contributed by atoms with Gasteiger partial charge in [0.2, 0.25) is 0 Å². The molecule has 0 aliphatic carbocycles. The number of aliphatic hydroxyl groups is 1. The number of aliphatic hydroxyl groups excluding tert-OH is 1. The van der Waals surface area contributed by atoms with Crippen molar-refractivity contribution in [2.45, 2.75) is 38.0 Å². The second kappa shape index (κ2) is 4.20. The number of amides is 1. The molecule has 0 radical (unpaired) electrons. The van der Waals surface area contributed by atoms with E-state index in [1.54, 1.807) is 13.8 Å². The number of carboxylic acid groups (broad SMARTS) is 1. The van der Waals surface area contributed by atoms with Crippen LogP contribution in [0.4, 0.5) is 9.18 Å². The highest BCUT2D eigenvalue weighted by molar-refractivity contribution is 5.68. The average Bonchev–Trinajstić information content (AvgIpc) is 2.24. The van der Waals surface area contributed by atoms with Crippen molar-refractivity contribution in [1.82, 2.24) is 9.88 Å². The molecule has 1 amide bonds.